The molecular formula is C20H22N2O4S. The number of hydrogen-bond donors (Lipinski definition) is 1. The van der Waals surface area contributed by atoms with Gasteiger partial charge in [-0.25, -0.2) is 8.42 Å². The van der Waals surface area contributed by atoms with Gasteiger partial charge in [0.2, 0.25) is 0 Å². The maximum absolute atomic E-state index is 12.5. The molecule has 3 rings (SSSR count). The van der Waals surface area contributed by atoms with Crippen LogP contribution in [0.5, 0.6) is 0 Å². The Kier molecular flexibility index (Phi) is 5.32. The Balaban J connectivity index is 1.73. The van der Waals surface area contributed by atoms with E-state index < -0.39 is 9.84 Å². The number of carbonyl (C=O) groups excluding carboxylic acids is 2. The van der Waals surface area contributed by atoms with Crippen LogP contribution < -0.4 is 5.32 Å². The highest BCUT2D eigenvalue weighted by Crippen LogP contribution is 2.20. The Morgan fingerprint density at radius 3 is 2.11 bits per heavy atom. The van der Waals surface area contributed by atoms with Crippen LogP contribution in [0.1, 0.15) is 39.1 Å². The molecular weight excluding hydrogens is 364 g/mol. The van der Waals surface area contributed by atoms with Crippen LogP contribution in [0.25, 0.3) is 0 Å². The molecule has 1 N–H and O–H groups in total. The molecule has 0 atom stereocenters. The molecule has 6 nitrogen and oxygen atoms in total. The van der Waals surface area contributed by atoms with Gasteiger partial charge in [-0.05, 0) is 67.8 Å². The highest BCUT2D eigenvalue weighted by Gasteiger charge is 2.20. The Morgan fingerprint density at radius 2 is 1.56 bits per heavy atom. The summed E-state index contributed by atoms with van der Waals surface area (Å²) in [5.74, 6) is -0.318. The van der Waals surface area contributed by atoms with E-state index in [2.05, 4.69) is 5.32 Å². The first-order chi connectivity index (χ1) is 12.8. The van der Waals surface area contributed by atoms with Crippen LogP contribution in [0.3, 0.4) is 0 Å². The van der Waals surface area contributed by atoms with Crippen LogP contribution in [0, 0.1) is 6.92 Å². The summed E-state index contributed by atoms with van der Waals surface area (Å²) in [7, 11) is -3.30. The summed E-state index contributed by atoms with van der Waals surface area (Å²) in [6, 6.07) is 11.0. The van der Waals surface area contributed by atoms with Crippen molar-refractivity contribution in [1.82, 2.24) is 4.90 Å². The summed E-state index contributed by atoms with van der Waals surface area (Å²) in [6.45, 7) is 3.42. The average molecular weight is 386 g/mol. The van der Waals surface area contributed by atoms with E-state index in [0.29, 0.717) is 16.8 Å². The van der Waals surface area contributed by atoms with Crippen LogP contribution in [0.4, 0.5) is 5.69 Å². The molecule has 2 amide bonds. The fourth-order valence-corrected chi connectivity index (χ4v) is 3.72. The monoisotopic (exact) mass is 386 g/mol. The summed E-state index contributed by atoms with van der Waals surface area (Å²) >= 11 is 0. The van der Waals surface area contributed by atoms with Gasteiger partial charge < -0.3 is 10.2 Å². The molecule has 1 saturated heterocycles. The molecule has 0 saturated carbocycles. The van der Waals surface area contributed by atoms with Crippen molar-refractivity contribution >= 4 is 27.3 Å². The molecule has 1 heterocycles. The van der Waals surface area contributed by atoms with Crippen molar-refractivity contribution in [3.05, 3.63) is 59.2 Å². The number of likely N-dealkylation sites (tertiary alicyclic amines) is 1. The van der Waals surface area contributed by atoms with Crippen molar-refractivity contribution in [1.29, 1.82) is 0 Å². The number of nitrogens with one attached hydrogen (secondary N) is 1. The SMILES string of the molecule is Cc1cc(C(=O)N2CCCC2)ccc1NC(=O)c1ccc(S(C)(=O)=O)cc1. The lowest BCUT2D eigenvalue weighted by Gasteiger charge is -2.16. The van der Waals surface area contributed by atoms with Crippen LogP contribution in [-0.4, -0.2) is 44.5 Å². The number of aryl methyl sites for hydroxylation is 1. The second-order valence-corrected chi connectivity index (χ2v) is 8.80. The second-order valence-electron chi connectivity index (χ2n) is 6.78. The number of rotatable bonds is 4. The third kappa shape index (κ3) is 4.36. The summed E-state index contributed by atoms with van der Waals surface area (Å²) in [5.41, 5.74) is 2.38. The van der Waals surface area contributed by atoms with E-state index in [1.807, 2.05) is 11.8 Å². The number of amides is 2. The maximum atomic E-state index is 12.5. The van der Waals surface area contributed by atoms with Crippen molar-refractivity contribution in [3.63, 3.8) is 0 Å². The molecule has 1 aliphatic rings. The molecule has 1 aliphatic heterocycles. The Bertz CT molecular complexity index is 976. The number of anilines is 1. The third-order valence-electron chi connectivity index (χ3n) is 4.66. The summed E-state index contributed by atoms with van der Waals surface area (Å²) in [4.78, 5) is 26.9. The first-order valence-electron chi connectivity index (χ1n) is 8.77. The number of sulfone groups is 1. The number of nitrogens with zero attached hydrogens (tertiary/aromatic N) is 1. The van der Waals surface area contributed by atoms with Gasteiger partial charge in [0.1, 0.15) is 0 Å². The van der Waals surface area contributed by atoms with Crippen molar-refractivity contribution in [2.45, 2.75) is 24.7 Å². The Hall–Kier alpha value is -2.67. The minimum absolute atomic E-state index is 0.0184. The number of benzene rings is 2. The van der Waals surface area contributed by atoms with Crippen LogP contribution >= 0.6 is 0 Å². The predicted octanol–water partition coefficient (Wildman–Crippen LogP) is 2.89. The van der Waals surface area contributed by atoms with Crippen LogP contribution in [-0.2, 0) is 9.84 Å². The largest absolute Gasteiger partial charge is 0.339 e. The van der Waals surface area contributed by atoms with Gasteiger partial charge in [-0.2, -0.15) is 0 Å². The molecule has 1 fully saturated rings. The zero-order valence-corrected chi connectivity index (χ0v) is 16.2. The molecule has 2 aromatic rings. The van der Waals surface area contributed by atoms with Crippen molar-refractivity contribution in [3.8, 4) is 0 Å². The van der Waals surface area contributed by atoms with Gasteiger partial charge in [0, 0.05) is 36.2 Å². The van der Waals surface area contributed by atoms with E-state index in [1.165, 1.54) is 24.3 Å². The second kappa shape index (κ2) is 7.52. The zero-order chi connectivity index (χ0) is 19.6. The Morgan fingerprint density at radius 1 is 0.963 bits per heavy atom. The van der Waals surface area contributed by atoms with E-state index in [9.17, 15) is 18.0 Å². The van der Waals surface area contributed by atoms with Gasteiger partial charge in [0.15, 0.2) is 9.84 Å². The van der Waals surface area contributed by atoms with E-state index >= 15 is 0 Å². The Labute approximate surface area is 159 Å². The molecule has 2 aromatic carbocycles. The van der Waals surface area contributed by atoms with E-state index in [-0.39, 0.29) is 16.7 Å². The highest BCUT2D eigenvalue weighted by molar-refractivity contribution is 7.90. The van der Waals surface area contributed by atoms with Gasteiger partial charge in [-0.15, -0.1) is 0 Å². The van der Waals surface area contributed by atoms with Gasteiger partial charge in [-0.3, -0.25) is 9.59 Å². The van der Waals surface area contributed by atoms with Crippen molar-refractivity contribution in [2.75, 3.05) is 24.7 Å². The molecule has 0 aromatic heterocycles. The minimum Gasteiger partial charge on any atom is -0.339 e. The molecule has 7 heteroatoms. The molecule has 0 aliphatic carbocycles. The van der Waals surface area contributed by atoms with Crippen molar-refractivity contribution < 1.29 is 18.0 Å². The fourth-order valence-electron chi connectivity index (χ4n) is 3.09. The highest BCUT2D eigenvalue weighted by atomic mass is 32.2. The van der Waals surface area contributed by atoms with Crippen LogP contribution in [0.15, 0.2) is 47.4 Å². The van der Waals surface area contributed by atoms with Gasteiger partial charge in [0.05, 0.1) is 4.90 Å². The molecule has 0 unspecified atom stereocenters. The van der Waals surface area contributed by atoms with Gasteiger partial charge in [0.25, 0.3) is 11.8 Å². The summed E-state index contributed by atoms with van der Waals surface area (Å²) in [5, 5.41) is 2.81. The number of carbonyl (C=O) groups is 2. The summed E-state index contributed by atoms with van der Waals surface area (Å²) < 4.78 is 23.0. The maximum Gasteiger partial charge on any atom is 0.255 e. The first kappa shape index (κ1) is 19.1. The number of hydrogen-bond acceptors (Lipinski definition) is 4. The van der Waals surface area contributed by atoms with E-state index in [0.717, 1.165) is 37.8 Å². The molecule has 0 spiro atoms. The average Bonchev–Trinajstić information content (AvgIpc) is 3.16. The molecule has 27 heavy (non-hydrogen) atoms. The van der Waals surface area contributed by atoms with Gasteiger partial charge >= 0.3 is 0 Å². The minimum atomic E-state index is -3.30. The topological polar surface area (TPSA) is 83.6 Å². The van der Waals surface area contributed by atoms with E-state index in [4.69, 9.17) is 0 Å². The lowest BCUT2D eigenvalue weighted by molar-refractivity contribution is 0.0792. The van der Waals surface area contributed by atoms with Gasteiger partial charge in [-0.1, -0.05) is 0 Å². The lowest BCUT2D eigenvalue weighted by Crippen LogP contribution is -2.27. The first-order valence-corrected chi connectivity index (χ1v) is 10.7. The lowest BCUT2D eigenvalue weighted by atomic mass is 10.1. The summed E-state index contributed by atoms with van der Waals surface area (Å²) in [6.07, 6.45) is 3.20. The predicted molar refractivity (Wildman–Crippen MR) is 104 cm³/mol. The fraction of sp³-hybridized carbons (Fsp3) is 0.300. The van der Waals surface area contributed by atoms with Crippen LogP contribution in [0.2, 0.25) is 0 Å². The molecule has 0 bridgehead atoms. The van der Waals surface area contributed by atoms with Crippen molar-refractivity contribution in [2.24, 2.45) is 0 Å². The molecule has 0 radical (unpaired) electrons. The quantitative estimate of drug-likeness (QED) is 0.876. The third-order valence-corrected chi connectivity index (χ3v) is 5.79. The molecule has 142 valence electrons. The van der Waals surface area contributed by atoms with E-state index in [1.54, 1.807) is 18.2 Å². The normalized spacial score (nSPS) is 14.2. The standard InChI is InChI=1S/C20H22N2O4S/c1-14-13-16(20(24)22-11-3-4-12-22)7-10-18(14)21-19(23)15-5-8-17(9-6-15)27(2,25)26/h5-10,13H,3-4,11-12H2,1-2H3,(H,21,23). The smallest absolute Gasteiger partial charge is 0.255 e. The zero-order valence-electron chi connectivity index (χ0n) is 15.4.